The highest BCUT2D eigenvalue weighted by Gasteiger charge is 2.30. The molecule has 4 aromatic carbocycles. The Kier molecular flexibility index (Phi) is 9.36. The summed E-state index contributed by atoms with van der Waals surface area (Å²) >= 11 is 6.71. The number of anilines is 1. The van der Waals surface area contributed by atoms with Gasteiger partial charge in [-0.2, -0.15) is 5.26 Å². The maximum atomic E-state index is 15.6. The summed E-state index contributed by atoms with van der Waals surface area (Å²) in [6.07, 6.45) is 0.865. The SMILES string of the molecule is N#Cc1cc(N)cc(COc2cc(O[C@H]3CCc4c(-c5ccc6c(c5F)OCCO6)cccc43)c(Cl)cc2CN[C@@H](CO)C(=O)O)c1. The van der Waals surface area contributed by atoms with Gasteiger partial charge in [-0.25, -0.2) is 4.39 Å². The second-order valence-electron chi connectivity index (χ2n) is 11.2. The number of fused-ring (bicyclic) bond motifs is 2. The Morgan fingerprint density at radius 2 is 1.96 bits per heavy atom. The van der Waals surface area contributed by atoms with Crippen LogP contribution in [0.5, 0.6) is 23.0 Å². The maximum absolute atomic E-state index is 15.6. The lowest BCUT2D eigenvalue weighted by molar-refractivity contribution is -0.140. The molecule has 0 radical (unpaired) electrons. The molecule has 5 N–H and O–H groups in total. The molecule has 1 aliphatic carbocycles. The number of nitrogens with zero attached hydrogens (tertiary/aromatic N) is 1. The van der Waals surface area contributed by atoms with Crippen LogP contribution in [0.15, 0.2) is 60.7 Å². The molecule has 1 heterocycles. The number of carboxylic acids is 1. The Hall–Kier alpha value is -5.02. The molecule has 0 saturated carbocycles. The number of halogens is 2. The third kappa shape index (κ3) is 6.76. The minimum atomic E-state index is -1.21. The van der Waals surface area contributed by atoms with E-state index in [2.05, 4.69) is 11.4 Å². The molecule has 47 heavy (non-hydrogen) atoms. The summed E-state index contributed by atoms with van der Waals surface area (Å²) in [6, 6.07) is 18.1. The van der Waals surface area contributed by atoms with E-state index in [1.807, 2.05) is 18.2 Å². The van der Waals surface area contributed by atoms with Crippen molar-refractivity contribution in [2.45, 2.75) is 38.1 Å². The largest absolute Gasteiger partial charge is 0.488 e. The number of nitrogens with one attached hydrogen (secondary N) is 1. The first-order chi connectivity index (χ1) is 22.7. The Morgan fingerprint density at radius 1 is 1.13 bits per heavy atom. The van der Waals surface area contributed by atoms with Crippen LogP contribution in [-0.4, -0.2) is 42.0 Å². The predicted octanol–water partition coefficient (Wildman–Crippen LogP) is 5.55. The van der Waals surface area contributed by atoms with Crippen LogP contribution < -0.4 is 30.0 Å². The molecule has 0 unspecified atom stereocenters. The van der Waals surface area contributed by atoms with Gasteiger partial charge in [0.25, 0.3) is 0 Å². The van der Waals surface area contributed by atoms with Gasteiger partial charge in [0.2, 0.25) is 0 Å². The lowest BCUT2D eigenvalue weighted by Crippen LogP contribution is -2.39. The first-order valence-electron chi connectivity index (χ1n) is 14.9. The van der Waals surface area contributed by atoms with Crippen LogP contribution in [0.3, 0.4) is 0 Å². The summed E-state index contributed by atoms with van der Waals surface area (Å²) in [5.41, 5.74) is 10.9. The van der Waals surface area contributed by atoms with Gasteiger partial charge in [0.15, 0.2) is 17.3 Å². The Balaban J connectivity index is 1.29. The van der Waals surface area contributed by atoms with E-state index >= 15 is 4.39 Å². The average molecular weight is 660 g/mol. The van der Waals surface area contributed by atoms with Gasteiger partial charge >= 0.3 is 5.97 Å². The van der Waals surface area contributed by atoms with Crippen LogP contribution in [0.2, 0.25) is 5.02 Å². The second kappa shape index (κ2) is 13.8. The smallest absolute Gasteiger partial charge is 0.323 e. The molecule has 242 valence electrons. The lowest BCUT2D eigenvalue weighted by atomic mass is 9.96. The Morgan fingerprint density at radius 3 is 2.74 bits per heavy atom. The summed E-state index contributed by atoms with van der Waals surface area (Å²) in [4.78, 5) is 11.5. The van der Waals surface area contributed by atoms with Crippen molar-refractivity contribution in [3.8, 4) is 40.2 Å². The fraction of sp³-hybridized carbons (Fsp3) is 0.257. The summed E-state index contributed by atoms with van der Waals surface area (Å²) in [6.45, 7) is 0.100. The molecule has 0 fully saturated rings. The number of aliphatic hydroxyl groups is 1. The van der Waals surface area contributed by atoms with Crippen LogP contribution in [-0.2, 0) is 24.4 Å². The molecular formula is C35H31ClFN3O7. The highest BCUT2D eigenvalue weighted by atomic mass is 35.5. The van der Waals surface area contributed by atoms with Gasteiger partial charge in [0.1, 0.15) is 43.5 Å². The number of nitriles is 1. The van der Waals surface area contributed by atoms with Crippen molar-refractivity contribution in [2.24, 2.45) is 0 Å². The topological polar surface area (TPSA) is 156 Å². The zero-order valence-corrected chi connectivity index (χ0v) is 25.9. The number of benzene rings is 4. The molecule has 2 aliphatic rings. The van der Waals surface area contributed by atoms with Gasteiger partial charge in [-0.1, -0.05) is 29.8 Å². The molecule has 0 aromatic heterocycles. The van der Waals surface area contributed by atoms with Crippen LogP contribution >= 0.6 is 11.6 Å². The number of hydrogen-bond donors (Lipinski definition) is 4. The van der Waals surface area contributed by atoms with Crippen molar-refractivity contribution in [2.75, 3.05) is 25.6 Å². The van der Waals surface area contributed by atoms with Crippen molar-refractivity contribution < 1.29 is 38.3 Å². The molecule has 12 heteroatoms. The minimum absolute atomic E-state index is 0.0178. The maximum Gasteiger partial charge on any atom is 0.323 e. The average Bonchev–Trinajstić information content (AvgIpc) is 3.48. The van der Waals surface area contributed by atoms with Crippen molar-refractivity contribution in [1.29, 1.82) is 5.26 Å². The standard InChI is InChI=1S/C35H31ClFN3O7/c36-27-13-21(16-40-28(17-41)35(42)43)31(46-18-20-10-19(15-38)11-22(39)12-20)14-32(27)47-29-6-4-24-23(2-1-3-25(24)29)26-5-7-30-34(33(26)37)45-9-8-44-30/h1-3,5,7,10-14,28-29,40-41H,4,6,8-9,16-18,39H2,(H,42,43)/t28-,29-/m0/s1. The number of rotatable bonds is 11. The van der Waals surface area contributed by atoms with E-state index in [1.165, 1.54) is 0 Å². The fourth-order valence-corrected chi connectivity index (χ4v) is 6.09. The number of nitrogens with two attached hydrogens (primary N) is 1. The molecule has 1 aliphatic heterocycles. The monoisotopic (exact) mass is 659 g/mol. The molecule has 2 atom stereocenters. The van der Waals surface area contributed by atoms with Crippen LogP contribution in [0.4, 0.5) is 10.1 Å². The zero-order valence-electron chi connectivity index (χ0n) is 25.1. The van der Waals surface area contributed by atoms with Gasteiger partial charge in [-0.05, 0) is 71.5 Å². The van der Waals surface area contributed by atoms with Crippen molar-refractivity contribution in [3.05, 3.63) is 99.3 Å². The van der Waals surface area contributed by atoms with E-state index in [0.29, 0.717) is 64.6 Å². The summed E-state index contributed by atoms with van der Waals surface area (Å²) in [7, 11) is 0. The molecule has 0 amide bonds. The number of hydrogen-bond acceptors (Lipinski definition) is 9. The van der Waals surface area contributed by atoms with Crippen LogP contribution in [0.1, 0.15) is 40.3 Å². The van der Waals surface area contributed by atoms with Crippen molar-refractivity contribution in [1.82, 2.24) is 5.32 Å². The number of ether oxygens (including phenoxy) is 4. The van der Waals surface area contributed by atoms with E-state index in [-0.39, 0.29) is 30.5 Å². The van der Waals surface area contributed by atoms with Gasteiger partial charge in [-0.3, -0.25) is 10.1 Å². The first kappa shape index (κ1) is 31.9. The van der Waals surface area contributed by atoms with Gasteiger partial charge in [0, 0.05) is 29.4 Å². The summed E-state index contributed by atoms with van der Waals surface area (Å²) in [5.74, 6) is -0.496. The molecule has 0 spiro atoms. The zero-order chi connectivity index (χ0) is 33.1. The minimum Gasteiger partial charge on any atom is -0.488 e. The fourth-order valence-electron chi connectivity index (χ4n) is 5.86. The van der Waals surface area contributed by atoms with E-state index in [1.54, 1.807) is 42.5 Å². The number of aliphatic hydroxyl groups excluding tert-OH is 1. The second-order valence-corrected chi connectivity index (χ2v) is 11.6. The van der Waals surface area contributed by atoms with Crippen molar-refractivity contribution in [3.63, 3.8) is 0 Å². The highest BCUT2D eigenvalue weighted by molar-refractivity contribution is 6.32. The molecule has 10 nitrogen and oxygen atoms in total. The van der Waals surface area contributed by atoms with Crippen LogP contribution in [0.25, 0.3) is 11.1 Å². The van der Waals surface area contributed by atoms with Crippen molar-refractivity contribution >= 4 is 23.3 Å². The number of aliphatic carboxylic acids is 1. The van der Waals surface area contributed by atoms with Gasteiger partial charge in [-0.15, -0.1) is 0 Å². The third-order valence-corrected chi connectivity index (χ3v) is 8.39. The summed E-state index contributed by atoms with van der Waals surface area (Å²) in [5, 5.41) is 31.2. The molecule has 4 aromatic rings. The van der Waals surface area contributed by atoms with E-state index < -0.39 is 30.5 Å². The Labute approximate surface area is 275 Å². The molecule has 0 bridgehead atoms. The van der Waals surface area contributed by atoms with E-state index in [4.69, 9.17) is 36.3 Å². The van der Waals surface area contributed by atoms with Crippen LogP contribution in [0, 0.1) is 17.1 Å². The molecule has 6 rings (SSSR count). The first-order valence-corrected chi connectivity index (χ1v) is 15.3. The quantitative estimate of drug-likeness (QED) is 0.151. The van der Waals surface area contributed by atoms with E-state index in [9.17, 15) is 20.3 Å². The molecule has 0 saturated heterocycles. The number of carboxylic acid groups (broad SMARTS) is 1. The van der Waals surface area contributed by atoms with Gasteiger partial charge in [0.05, 0.1) is 23.3 Å². The normalized spacial score (nSPS) is 15.4. The number of nitrogen functional groups attached to an aromatic ring is 1. The van der Waals surface area contributed by atoms with E-state index in [0.717, 1.165) is 16.7 Å². The highest BCUT2D eigenvalue weighted by Crippen LogP contribution is 2.45. The predicted molar refractivity (Wildman–Crippen MR) is 171 cm³/mol. The summed E-state index contributed by atoms with van der Waals surface area (Å²) < 4.78 is 39.3. The molecular weight excluding hydrogens is 629 g/mol. The van der Waals surface area contributed by atoms with Gasteiger partial charge < -0.3 is 34.9 Å². The number of carbonyl (C=O) groups is 1. The Bertz CT molecular complexity index is 1880. The third-order valence-electron chi connectivity index (χ3n) is 8.10. The lowest BCUT2D eigenvalue weighted by Gasteiger charge is -2.21.